The lowest BCUT2D eigenvalue weighted by Gasteiger charge is -1.96. The highest BCUT2D eigenvalue weighted by atomic mass is 16.4. The predicted molar refractivity (Wildman–Crippen MR) is 44.8 cm³/mol. The molecule has 3 heteroatoms. The maximum Gasteiger partial charge on any atom is 0.335 e. The van der Waals surface area contributed by atoms with Gasteiger partial charge in [-0.25, -0.2) is 10.1 Å². The van der Waals surface area contributed by atoms with Crippen molar-refractivity contribution in [2.45, 2.75) is 6.92 Å². The Balaban J connectivity index is 0.000000561. The molecule has 0 aliphatic carbocycles. The second-order valence-electron chi connectivity index (χ2n) is 2.12. The van der Waals surface area contributed by atoms with E-state index in [4.69, 9.17) is 10.4 Å². The van der Waals surface area contributed by atoms with Crippen molar-refractivity contribution in [2.75, 3.05) is 0 Å². The van der Waals surface area contributed by atoms with Gasteiger partial charge in [0.2, 0.25) is 0 Å². The van der Waals surface area contributed by atoms with Gasteiger partial charge in [-0.05, 0) is 18.6 Å². The van der Waals surface area contributed by atoms with Crippen molar-refractivity contribution < 1.29 is 9.90 Å². The van der Waals surface area contributed by atoms with Gasteiger partial charge >= 0.3 is 5.97 Å². The Morgan fingerprint density at radius 1 is 1.42 bits per heavy atom. The smallest absolute Gasteiger partial charge is 0.335 e. The second kappa shape index (κ2) is 4.91. The predicted octanol–water partition coefficient (Wildman–Crippen LogP) is 1.83. The standard InChI is InChI=1S/C8H8O2.CHN/c1-6-4-2-3-5-7(6)8(9)10;1-2/h2-5H,1H3,(H,9,10);1H. The van der Waals surface area contributed by atoms with Crippen molar-refractivity contribution >= 4 is 5.97 Å². The van der Waals surface area contributed by atoms with E-state index in [1.54, 1.807) is 25.1 Å². The van der Waals surface area contributed by atoms with E-state index in [9.17, 15) is 4.79 Å². The van der Waals surface area contributed by atoms with Crippen molar-refractivity contribution in [1.29, 1.82) is 5.26 Å². The summed E-state index contributed by atoms with van der Waals surface area (Å²) in [5.74, 6) is -0.863. The highest BCUT2D eigenvalue weighted by Gasteiger charge is 2.02. The molecular formula is C9H9NO2. The zero-order chi connectivity index (χ0) is 9.56. The van der Waals surface area contributed by atoms with Gasteiger partial charge in [0.25, 0.3) is 0 Å². The van der Waals surface area contributed by atoms with Crippen LogP contribution in [0.4, 0.5) is 0 Å². The fraction of sp³-hybridized carbons (Fsp3) is 0.111. The average molecular weight is 163 g/mol. The molecule has 0 spiro atoms. The van der Waals surface area contributed by atoms with Crippen molar-refractivity contribution in [1.82, 2.24) is 0 Å². The summed E-state index contributed by atoms with van der Waals surface area (Å²) in [6.07, 6.45) is 0. The molecule has 0 fully saturated rings. The van der Waals surface area contributed by atoms with Crippen LogP contribution in [0.1, 0.15) is 15.9 Å². The van der Waals surface area contributed by atoms with E-state index in [1.807, 2.05) is 6.07 Å². The van der Waals surface area contributed by atoms with Crippen LogP contribution in [0.25, 0.3) is 0 Å². The Morgan fingerprint density at radius 2 is 1.92 bits per heavy atom. The molecule has 0 saturated heterocycles. The van der Waals surface area contributed by atoms with Crippen LogP contribution in [0, 0.1) is 18.8 Å². The topological polar surface area (TPSA) is 61.1 Å². The average Bonchev–Trinajstić information content (AvgIpc) is 2.08. The lowest BCUT2D eigenvalue weighted by atomic mass is 10.1. The van der Waals surface area contributed by atoms with E-state index in [-0.39, 0.29) is 0 Å². The minimum atomic E-state index is -0.863. The molecule has 0 amide bonds. The zero-order valence-electron chi connectivity index (χ0n) is 6.69. The highest BCUT2D eigenvalue weighted by molar-refractivity contribution is 5.89. The minimum Gasteiger partial charge on any atom is -0.478 e. The molecule has 1 rings (SSSR count). The molecule has 1 aromatic carbocycles. The Labute approximate surface area is 70.9 Å². The van der Waals surface area contributed by atoms with Crippen LogP contribution in [0.15, 0.2) is 24.3 Å². The number of carboxylic acids is 1. The molecule has 1 aromatic rings. The molecule has 0 aliphatic heterocycles. The Morgan fingerprint density at radius 3 is 2.25 bits per heavy atom. The summed E-state index contributed by atoms with van der Waals surface area (Å²) in [4.78, 5) is 10.4. The van der Waals surface area contributed by atoms with E-state index in [0.29, 0.717) is 5.56 Å². The van der Waals surface area contributed by atoms with E-state index in [0.717, 1.165) is 5.56 Å². The number of hydrogen-bond donors (Lipinski definition) is 1. The van der Waals surface area contributed by atoms with E-state index >= 15 is 0 Å². The Hall–Kier alpha value is -1.82. The number of carboxylic acid groups (broad SMARTS) is 1. The van der Waals surface area contributed by atoms with E-state index in [2.05, 4.69) is 6.57 Å². The molecule has 0 bridgehead atoms. The molecule has 0 radical (unpaired) electrons. The molecule has 0 heterocycles. The number of hydrogen-bond acceptors (Lipinski definition) is 2. The zero-order valence-corrected chi connectivity index (χ0v) is 6.69. The minimum absolute atomic E-state index is 0.377. The third-order valence-corrected chi connectivity index (χ3v) is 1.38. The number of carbonyl (C=O) groups is 1. The van der Waals surface area contributed by atoms with E-state index in [1.165, 1.54) is 0 Å². The third-order valence-electron chi connectivity index (χ3n) is 1.38. The molecule has 0 saturated carbocycles. The number of nitriles is 1. The number of aryl methyl sites for hydroxylation is 1. The van der Waals surface area contributed by atoms with Crippen LogP contribution in [-0.4, -0.2) is 11.1 Å². The molecule has 0 aliphatic rings. The summed E-state index contributed by atoms with van der Waals surface area (Å²) in [7, 11) is 0. The van der Waals surface area contributed by atoms with Gasteiger partial charge in [0.1, 0.15) is 0 Å². The maximum atomic E-state index is 10.4. The number of rotatable bonds is 1. The van der Waals surface area contributed by atoms with Crippen molar-refractivity contribution in [3.63, 3.8) is 0 Å². The number of aromatic carboxylic acids is 1. The largest absolute Gasteiger partial charge is 0.478 e. The van der Waals surface area contributed by atoms with Gasteiger partial charge in [-0.2, -0.15) is 0 Å². The summed E-state index contributed by atoms with van der Waals surface area (Å²) in [5.41, 5.74) is 1.18. The summed E-state index contributed by atoms with van der Waals surface area (Å²) >= 11 is 0. The molecule has 12 heavy (non-hydrogen) atoms. The number of nitrogens with zero attached hydrogens (tertiary/aromatic N) is 1. The fourth-order valence-corrected chi connectivity index (χ4v) is 0.813. The lowest BCUT2D eigenvalue weighted by Crippen LogP contribution is -1.97. The fourth-order valence-electron chi connectivity index (χ4n) is 0.813. The maximum absolute atomic E-state index is 10.4. The van der Waals surface area contributed by atoms with Gasteiger partial charge in [0.15, 0.2) is 0 Å². The van der Waals surface area contributed by atoms with Crippen LogP contribution in [-0.2, 0) is 0 Å². The molecule has 1 N–H and O–H groups in total. The van der Waals surface area contributed by atoms with Gasteiger partial charge in [0.05, 0.1) is 5.56 Å². The first kappa shape index (κ1) is 10.2. The Kier molecular flexibility index (Phi) is 4.17. The first-order valence-corrected chi connectivity index (χ1v) is 3.26. The van der Waals surface area contributed by atoms with Crippen LogP contribution in [0.5, 0.6) is 0 Å². The van der Waals surface area contributed by atoms with Gasteiger partial charge in [-0.15, -0.1) is 0 Å². The normalized spacial score (nSPS) is 7.92. The first-order chi connectivity index (χ1) is 5.72. The SMILES string of the molecule is C#N.Cc1ccccc1C(=O)O. The van der Waals surface area contributed by atoms with Crippen molar-refractivity contribution in [2.24, 2.45) is 0 Å². The monoisotopic (exact) mass is 163 g/mol. The second-order valence-corrected chi connectivity index (χ2v) is 2.12. The Bertz CT molecular complexity index is 292. The van der Waals surface area contributed by atoms with E-state index < -0.39 is 5.97 Å². The highest BCUT2D eigenvalue weighted by Crippen LogP contribution is 2.05. The summed E-state index contributed by atoms with van der Waals surface area (Å²) < 4.78 is 0. The summed E-state index contributed by atoms with van der Waals surface area (Å²) in [5, 5.41) is 15.1. The van der Waals surface area contributed by atoms with Gasteiger partial charge in [-0.3, -0.25) is 0 Å². The number of benzene rings is 1. The molecular weight excluding hydrogens is 154 g/mol. The van der Waals surface area contributed by atoms with Gasteiger partial charge in [0, 0.05) is 6.57 Å². The van der Waals surface area contributed by atoms with Crippen LogP contribution in [0.2, 0.25) is 0 Å². The quantitative estimate of drug-likeness (QED) is 0.687. The molecule has 0 aromatic heterocycles. The van der Waals surface area contributed by atoms with Crippen LogP contribution in [0.3, 0.4) is 0 Å². The summed E-state index contributed by atoms with van der Waals surface area (Å²) in [6, 6.07) is 6.92. The third kappa shape index (κ3) is 2.43. The first-order valence-electron chi connectivity index (χ1n) is 3.26. The lowest BCUT2D eigenvalue weighted by molar-refractivity contribution is 0.0696. The van der Waals surface area contributed by atoms with Crippen LogP contribution < -0.4 is 0 Å². The van der Waals surface area contributed by atoms with Crippen molar-refractivity contribution in [3.05, 3.63) is 35.4 Å². The van der Waals surface area contributed by atoms with Crippen LogP contribution >= 0.6 is 0 Å². The van der Waals surface area contributed by atoms with Gasteiger partial charge in [-0.1, -0.05) is 18.2 Å². The van der Waals surface area contributed by atoms with Crippen molar-refractivity contribution in [3.8, 4) is 6.57 Å². The molecule has 62 valence electrons. The molecule has 0 unspecified atom stereocenters. The summed E-state index contributed by atoms with van der Waals surface area (Å²) in [6.45, 7) is 5.28. The molecule has 3 nitrogen and oxygen atoms in total. The molecule has 0 atom stereocenters. The van der Waals surface area contributed by atoms with Gasteiger partial charge < -0.3 is 5.11 Å².